The first-order valence-electron chi connectivity index (χ1n) is 5.29. The highest BCUT2D eigenvalue weighted by Gasteiger charge is 2.12. The number of phenols is 1. The summed E-state index contributed by atoms with van der Waals surface area (Å²) in [4.78, 5) is 15.2. The predicted molar refractivity (Wildman–Crippen MR) is 72.2 cm³/mol. The van der Waals surface area contributed by atoms with E-state index in [1.165, 1.54) is 13.1 Å². The van der Waals surface area contributed by atoms with Crippen LogP contribution in [-0.2, 0) is 6.42 Å². The van der Waals surface area contributed by atoms with Gasteiger partial charge in [0, 0.05) is 13.1 Å². The number of guanidine groups is 1. The van der Waals surface area contributed by atoms with Crippen LogP contribution in [0.15, 0.2) is 17.1 Å². The van der Waals surface area contributed by atoms with Gasteiger partial charge in [0.25, 0.3) is 0 Å². The van der Waals surface area contributed by atoms with Crippen LogP contribution in [0.3, 0.4) is 0 Å². The number of aliphatic imine (C=N–C) groups is 1. The molecule has 0 aromatic heterocycles. The van der Waals surface area contributed by atoms with Crippen LogP contribution in [0.1, 0.15) is 12.5 Å². The van der Waals surface area contributed by atoms with Crippen LogP contribution >= 0.6 is 11.6 Å². The molecule has 0 aliphatic rings. The van der Waals surface area contributed by atoms with Crippen LogP contribution in [0.4, 0.5) is 10.5 Å². The lowest BCUT2D eigenvalue weighted by Gasteiger charge is -2.13. The summed E-state index contributed by atoms with van der Waals surface area (Å²) in [5.74, 6) is 0.0536. The molecular formula is C11H15ClN4O2. The zero-order valence-electron chi connectivity index (χ0n) is 10.1. The lowest BCUT2D eigenvalue weighted by Crippen LogP contribution is -2.39. The maximum Gasteiger partial charge on any atom is 0.326 e. The molecule has 6 nitrogen and oxygen atoms in total. The van der Waals surface area contributed by atoms with Gasteiger partial charge in [-0.25, -0.2) is 4.79 Å². The van der Waals surface area contributed by atoms with Crippen molar-refractivity contribution in [3.05, 3.63) is 22.7 Å². The molecule has 7 heteroatoms. The first kappa shape index (κ1) is 14.1. The minimum absolute atomic E-state index is 0.000416. The van der Waals surface area contributed by atoms with Crippen molar-refractivity contribution in [1.82, 2.24) is 5.32 Å². The summed E-state index contributed by atoms with van der Waals surface area (Å²) in [7, 11) is 1.46. The Hall–Kier alpha value is -1.95. The zero-order chi connectivity index (χ0) is 13.7. The van der Waals surface area contributed by atoms with Gasteiger partial charge in [0.2, 0.25) is 0 Å². The smallest absolute Gasteiger partial charge is 0.326 e. The second-order valence-corrected chi connectivity index (χ2v) is 3.91. The number of halogens is 1. The van der Waals surface area contributed by atoms with Crippen molar-refractivity contribution in [3.63, 3.8) is 0 Å². The maximum atomic E-state index is 11.6. The number of carbonyl (C=O) groups is 1. The number of nitrogens with zero attached hydrogens (tertiary/aromatic N) is 1. The van der Waals surface area contributed by atoms with E-state index < -0.39 is 6.03 Å². The van der Waals surface area contributed by atoms with E-state index >= 15 is 0 Å². The highest BCUT2D eigenvalue weighted by molar-refractivity contribution is 6.34. The number of nitrogens with one attached hydrogen (secondary N) is 2. The Labute approximate surface area is 110 Å². The van der Waals surface area contributed by atoms with Gasteiger partial charge < -0.3 is 16.2 Å². The number of rotatable bonds is 2. The molecule has 0 spiro atoms. The minimum Gasteiger partial charge on any atom is -0.508 e. The van der Waals surface area contributed by atoms with Crippen LogP contribution in [0.5, 0.6) is 5.75 Å². The molecule has 0 fully saturated rings. The quantitative estimate of drug-likeness (QED) is 0.374. The number of carbonyl (C=O) groups excluding carboxylic acids is 1. The molecule has 98 valence electrons. The van der Waals surface area contributed by atoms with Crippen molar-refractivity contribution in [2.45, 2.75) is 13.3 Å². The number of nitrogens with two attached hydrogens (primary N) is 1. The van der Waals surface area contributed by atoms with E-state index in [-0.39, 0.29) is 16.7 Å². The van der Waals surface area contributed by atoms with Crippen LogP contribution in [0, 0.1) is 0 Å². The molecule has 0 saturated carbocycles. The van der Waals surface area contributed by atoms with Crippen molar-refractivity contribution in [1.29, 1.82) is 0 Å². The summed E-state index contributed by atoms with van der Waals surface area (Å²) in [6.07, 6.45) is 0.612. The normalized spacial score (nSPS) is 11.2. The Morgan fingerprint density at radius 1 is 1.56 bits per heavy atom. The Morgan fingerprint density at radius 2 is 2.22 bits per heavy atom. The van der Waals surface area contributed by atoms with Crippen LogP contribution in [0.2, 0.25) is 5.02 Å². The van der Waals surface area contributed by atoms with Gasteiger partial charge in [0.05, 0.1) is 10.7 Å². The highest BCUT2D eigenvalue weighted by Crippen LogP contribution is 2.31. The number of aromatic hydroxyl groups is 1. The SMILES string of the molecule is CCc1cc(O)cc(Cl)c1NC(=O)NC(N)=NC. The lowest BCUT2D eigenvalue weighted by atomic mass is 10.1. The molecule has 1 aromatic rings. The number of phenolic OH excluding ortho intramolecular Hbond substituents is 1. The van der Waals surface area contributed by atoms with Crippen molar-refractivity contribution in [3.8, 4) is 5.75 Å². The molecule has 18 heavy (non-hydrogen) atoms. The summed E-state index contributed by atoms with van der Waals surface area (Å²) in [5, 5.41) is 14.6. The second kappa shape index (κ2) is 6.11. The molecule has 0 saturated heterocycles. The van der Waals surface area contributed by atoms with Gasteiger partial charge in [-0.1, -0.05) is 18.5 Å². The summed E-state index contributed by atoms with van der Waals surface area (Å²) in [6.45, 7) is 1.88. The Bertz CT molecular complexity index is 488. The highest BCUT2D eigenvalue weighted by atomic mass is 35.5. The lowest BCUT2D eigenvalue weighted by molar-refractivity contribution is 0.256. The molecule has 0 aliphatic carbocycles. The number of hydrogen-bond donors (Lipinski definition) is 4. The molecule has 1 aromatic carbocycles. The number of anilines is 1. The summed E-state index contributed by atoms with van der Waals surface area (Å²) < 4.78 is 0. The fourth-order valence-corrected chi connectivity index (χ4v) is 1.66. The average molecular weight is 271 g/mol. The monoisotopic (exact) mass is 270 g/mol. The molecule has 0 aliphatic heterocycles. The second-order valence-electron chi connectivity index (χ2n) is 3.50. The number of urea groups is 1. The van der Waals surface area contributed by atoms with Crippen molar-refractivity contribution < 1.29 is 9.90 Å². The predicted octanol–water partition coefficient (Wildman–Crippen LogP) is 1.67. The Kier molecular flexibility index (Phi) is 4.79. The summed E-state index contributed by atoms with van der Waals surface area (Å²) in [6, 6.07) is 2.35. The Morgan fingerprint density at radius 3 is 2.78 bits per heavy atom. The van der Waals surface area contributed by atoms with Gasteiger partial charge in [0.15, 0.2) is 5.96 Å². The van der Waals surface area contributed by atoms with E-state index in [0.29, 0.717) is 12.1 Å². The van der Waals surface area contributed by atoms with Crippen LogP contribution in [-0.4, -0.2) is 24.1 Å². The van der Waals surface area contributed by atoms with E-state index in [1.807, 2.05) is 6.92 Å². The molecule has 1 rings (SSSR count). The van der Waals surface area contributed by atoms with E-state index in [1.54, 1.807) is 6.07 Å². The van der Waals surface area contributed by atoms with Gasteiger partial charge in [-0.2, -0.15) is 0 Å². The molecule has 2 amide bonds. The molecule has 0 atom stereocenters. The van der Waals surface area contributed by atoms with Crippen LogP contribution < -0.4 is 16.4 Å². The topological polar surface area (TPSA) is 99.7 Å². The number of amides is 2. The third-order valence-corrected chi connectivity index (χ3v) is 2.56. The van der Waals surface area contributed by atoms with Crippen molar-refractivity contribution >= 4 is 29.3 Å². The molecular weight excluding hydrogens is 256 g/mol. The van der Waals surface area contributed by atoms with Gasteiger partial charge in [-0.3, -0.25) is 10.3 Å². The minimum atomic E-state index is -0.541. The molecule has 0 heterocycles. The number of benzene rings is 1. The van der Waals surface area contributed by atoms with Crippen molar-refractivity contribution in [2.75, 3.05) is 12.4 Å². The van der Waals surface area contributed by atoms with E-state index in [9.17, 15) is 9.90 Å². The van der Waals surface area contributed by atoms with Gasteiger partial charge >= 0.3 is 6.03 Å². The molecule has 0 bridgehead atoms. The molecule has 5 N–H and O–H groups in total. The molecule has 0 radical (unpaired) electrons. The van der Waals surface area contributed by atoms with Crippen LogP contribution in [0.25, 0.3) is 0 Å². The summed E-state index contributed by atoms with van der Waals surface area (Å²) >= 11 is 5.96. The standard InChI is InChI=1S/C11H15ClN4O2/c1-3-6-4-7(17)5-8(12)9(6)15-11(18)16-10(13)14-2/h4-5,17H,3H2,1-2H3,(H4,13,14,15,16,18). The third kappa shape index (κ3) is 3.53. The average Bonchev–Trinajstić information content (AvgIpc) is 2.31. The maximum absolute atomic E-state index is 11.6. The third-order valence-electron chi connectivity index (χ3n) is 2.26. The molecule has 0 unspecified atom stereocenters. The first-order chi connectivity index (χ1) is 8.47. The van der Waals surface area contributed by atoms with E-state index in [2.05, 4.69) is 15.6 Å². The number of hydrogen-bond acceptors (Lipinski definition) is 3. The van der Waals surface area contributed by atoms with E-state index in [0.717, 1.165) is 5.56 Å². The van der Waals surface area contributed by atoms with Gasteiger partial charge in [-0.15, -0.1) is 0 Å². The zero-order valence-corrected chi connectivity index (χ0v) is 10.9. The fraction of sp³-hybridized carbons (Fsp3) is 0.273. The van der Waals surface area contributed by atoms with Gasteiger partial charge in [-0.05, 0) is 18.1 Å². The largest absolute Gasteiger partial charge is 0.508 e. The first-order valence-corrected chi connectivity index (χ1v) is 5.67. The summed E-state index contributed by atoms with van der Waals surface area (Å²) in [5.41, 5.74) is 6.53. The van der Waals surface area contributed by atoms with E-state index in [4.69, 9.17) is 17.3 Å². The Balaban J connectivity index is 2.93. The van der Waals surface area contributed by atoms with Crippen molar-refractivity contribution in [2.24, 2.45) is 10.7 Å². The van der Waals surface area contributed by atoms with Gasteiger partial charge in [0.1, 0.15) is 5.75 Å². The number of aryl methyl sites for hydroxylation is 1. The fourth-order valence-electron chi connectivity index (χ4n) is 1.38.